The number of hydrogen-bond donors (Lipinski definition) is 2. The van der Waals surface area contributed by atoms with Gasteiger partial charge in [-0.05, 0) is 22.3 Å². The summed E-state index contributed by atoms with van der Waals surface area (Å²) >= 11 is 0. The van der Waals surface area contributed by atoms with Gasteiger partial charge in [0.15, 0.2) is 0 Å². The van der Waals surface area contributed by atoms with Crippen LogP contribution in [0.5, 0.6) is 0 Å². The first-order valence-corrected chi connectivity index (χ1v) is 14.7. The van der Waals surface area contributed by atoms with Crippen LogP contribution in [-0.4, -0.2) is 76.6 Å². The summed E-state index contributed by atoms with van der Waals surface area (Å²) in [6, 6.07) is 24.0. The Bertz CT molecular complexity index is 1510. The van der Waals surface area contributed by atoms with Crippen LogP contribution in [0.4, 0.5) is 10.5 Å². The fraction of sp³-hybridized carbons (Fsp3) is 0.265. The molecule has 3 aromatic rings. The number of nitrogens with two attached hydrogens (primary N) is 1. The lowest BCUT2D eigenvalue weighted by molar-refractivity contribution is -0.157. The number of carbonyl (C=O) groups excluding carboxylic acids is 3. The SMILES string of the molecule is C=CCN(N)c1c(C=C)cccc1CN1C[C@H]2N(C(=O)CN2N(C)C(=O)NCc2ccccc2)[C@@H](Cc2ccccc2)C1=O. The smallest absolute Gasteiger partial charge is 0.332 e. The van der Waals surface area contributed by atoms with Gasteiger partial charge in [0.05, 0.1) is 25.3 Å². The number of hydrazine groups is 2. The number of carbonyl (C=O) groups is 3. The lowest BCUT2D eigenvalue weighted by atomic mass is 9.99. The van der Waals surface area contributed by atoms with Gasteiger partial charge in [-0.1, -0.05) is 97.6 Å². The van der Waals surface area contributed by atoms with Crippen molar-refractivity contribution in [3.63, 3.8) is 0 Å². The van der Waals surface area contributed by atoms with E-state index in [1.54, 1.807) is 39.0 Å². The van der Waals surface area contributed by atoms with Crippen LogP contribution in [0.2, 0.25) is 0 Å². The molecule has 2 atom stereocenters. The van der Waals surface area contributed by atoms with E-state index in [0.717, 1.165) is 27.9 Å². The summed E-state index contributed by atoms with van der Waals surface area (Å²) in [4.78, 5) is 44.4. The number of hydrogen-bond acceptors (Lipinski definition) is 6. The number of urea groups is 1. The topological polar surface area (TPSA) is 105 Å². The van der Waals surface area contributed by atoms with Gasteiger partial charge in [0.25, 0.3) is 0 Å². The quantitative estimate of drug-likeness (QED) is 0.201. The highest BCUT2D eigenvalue weighted by atomic mass is 16.2. The molecule has 3 aromatic carbocycles. The molecule has 2 aliphatic rings. The third-order valence-electron chi connectivity index (χ3n) is 8.15. The Hall–Kier alpha value is -4.93. The van der Waals surface area contributed by atoms with Crippen molar-refractivity contribution in [1.82, 2.24) is 25.1 Å². The Morgan fingerprint density at radius 1 is 1.00 bits per heavy atom. The predicted octanol–water partition coefficient (Wildman–Crippen LogP) is 3.38. The molecule has 0 spiro atoms. The fourth-order valence-corrected chi connectivity index (χ4v) is 5.98. The number of anilines is 1. The average molecular weight is 594 g/mol. The fourth-order valence-electron chi connectivity index (χ4n) is 5.98. The Morgan fingerprint density at radius 2 is 1.68 bits per heavy atom. The van der Waals surface area contributed by atoms with Crippen LogP contribution >= 0.6 is 0 Å². The van der Waals surface area contributed by atoms with Crippen molar-refractivity contribution < 1.29 is 14.4 Å². The van der Waals surface area contributed by atoms with Crippen LogP contribution in [0.3, 0.4) is 0 Å². The molecule has 0 bridgehead atoms. The van der Waals surface area contributed by atoms with Gasteiger partial charge in [-0.2, -0.15) is 5.01 Å². The first-order chi connectivity index (χ1) is 21.3. The minimum absolute atomic E-state index is 0.0144. The highest BCUT2D eigenvalue weighted by Crippen LogP contribution is 2.32. The Morgan fingerprint density at radius 3 is 2.34 bits per heavy atom. The molecule has 4 amide bonds. The van der Waals surface area contributed by atoms with E-state index in [4.69, 9.17) is 5.84 Å². The standard InChI is InChI=1S/C34H39N7O3/c1-4-19-39(35)32-27(5-2)17-12-18-28(32)22-38-23-30-40(37(3)34(44)36-21-26-15-10-7-11-16-26)24-31(42)41(30)29(33(38)43)20-25-13-8-6-9-14-25/h4-18,29-30H,1-2,19-24,35H2,3H3,(H,36,44)/t29-,30+/m0/s1. The highest BCUT2D eigenvalue weighted by molar-refractivity contribution is 5.92. The van der Waals surface area contributed by atoms with Crippen molar-refractivity contribution in [1.29, 1.82) is 0 Å². The van der Waals surface area contributed by atoms with Crippen LogP contribution < -0.4 is 16.2 Å². The van der Waals surface area contributed by atoms with Gasteiger partial charge in [0.2, 0.25) is 11.8 Å². The van der Waals surface area contributed by atoms with Gasteiger partial charge in [-0.25, -0.2) is 10.6 Å². The van der Waals surface area contributed by atoms with Gasteiger partial charge >= 0.3 is 6.03 Å². The minimum atomic E-state index is -0.734. The lowest BCUT2D eigenvalue weighted by Crippen LogP contribution is -2.65. The normalized spacial score (nSPS) is 18.1. The number of piperazine rings is 1. The van der Waals surface area contributed by atoms with E-state index >= 15 is 0 Å². The zero-order valence-corrected chi connectivity index (χ0v) is 25.0. The molecule has 0 radical (unpaired) electrons. The van der Waals surface area contributed by atoms with E-state index in [9.17, 15) is 14.4 Å². The number of rotatable bonds is 11. The molecule has 10 nitrogen and oxygen atoms in total. The summed E-state index contributed by atoms with van der Waals surface area (Å²) < 4.78 is 0. The van der Waals surface area contributed by atoms with Crippen molar-refractivity contribution in [2.24, 2.45) is 5.84 Å². The first-order valence-electron chi connectivity index (χ1n) is 14.7. The molecule has 2 saturated heterocycles. The van der Waals surface area contributed by atoms with Crippen molar-refractivity contribution in [2.45, 2.75) is 31.7 Å². The Labute approximate surface area is 258 Å². The van der Waals surface area contributed by atoms with E-state index in [2.05, 4.69) is 18.5 Å². The number of nitrogens with zero attached hydrogens (tertiary/aromatic N) is 5. The first kappa shape index (κ1) is 30.5. The zero-order valence-electron chi connectivity index (χ0n) is 25.0. The minimum Gasteiger partial charge on any atom is -0.333 e. The molecule has 0 saturated carbocycles. The van der Waals surface area contributed by atoms with Crippen LogP contribution in [0.25, 0.3) is 6.08 Å². The molecular formula is C34H39N7O3. The number of benzene rings is 3. The van der Waals surface area contributed by atoms with E-state index in [0.29, 0.717) is 19.5 Å². The van der Waals surface area contributed by atoms with Crippen molar-refractivity contribution in [2.75, 3.05) is 31.7 Å². The van der Waals surface area contributed by atoms with Crippen LogP contribution in [0.15, 0.2) is 98.1 Å². The summed E-state index contributed by atoms with van der Waals surface area (Å²) in [6.45, 7) is 8.98. The monoisotopic (exact) mass is 593 g/mol. The third-order valence-corrected chi connectivity index (χ3v) is 8.15. The number of para-hydroxylation sites is 1. The molecule has 0 aromatic heterocycles. The molecule has 5 rings (SSSR count). The molecule has 228 valence electrons. The molecule has 2 aliphatic heterocycles. The molecular weight excluding hydrogens is 554 g/mol. The van der Waals surface area contributed by atoms with Crippen molar-refractivity contribution >= 4 is 29.6 Å². The van der Waals surface area contributed by atoms with Gasteiger partial charge < -0.3 is 20.1 Å². The molecule has 0 aliphatic carbocycles. The second-order valence-corrected chi connectivity index (χ2v) is 11.0. The maximum absolute atomic E-state index is 14.2. The van der Waals surface area contributed by atoms with Gasteiger partial charge in [-0.3, -0.25) is 14.6 Å². The molecule has 2 heterocycles. The van der Waals surface area contributed by atoms with Gasteiger partial charge in [-0.15, -0.1) is 6.58 Å². The van der Waals surface area contributed by atoms with E-state index in [1.165, 1.54) is 5.01 Å². The molecule has 2 fully saturated rings. The zero-order chi connectivity index (χ0) is 31.2. The molecule has 0 unspecified atom stereocenters. The lowest BCUT2D eigenvalue weighted by Gasteiger charge is -2.46. The van der Waals surface area contributed by atoms with Crippen molar-refractivity contribution in [3.8, 4) is 0 Å². The summed E-state index contributed by atoms with van der Waals surface area (Å²) in [7, 11) is 1.65. The summed E-state index contributed by atoms with van der Waals surface area (Å²) in [5.41, 5.74) is 4.35. The van der Waals surface area contributed by atoms with Crippen LogP contribution in [0.1, 0.15) is 22.3 Å². The maximum atomic E-state index is 14.2. The van der Waals surface area contributed by atoms with E-state index < -0.39 is 12.2 Å². The van der Waals surface area contributed by atoms with E-state index in [1.807, 2.05) is 78.9 Å². The van der Waals surface area contributed by atoms with Gasteiger partial charge in [0.1, 0.15) is 12.2 Å². The second kappa shape index (κ2) is 13.6. The van der Waals surface area contributed by atoms with Gasteiger partial charge in [0, 0.05) is 26.6 Å². The summed E-state index contributed by atoms with van der Waals surface area (Å²) in [5.74, 6) is 6.07. The summed E-state index contributed by atoms with van der Waals surface area (Å²) in [5, 5.41) is 7.73. The van der Waals surface area contributed by atoms with Crippen LogP contribution in [0, 0.1) is 0 Å². The largest absolute Gasteiger partial charge is 0.333 e. The van der Waals surface area contributed by atoms with Crippen molar-refractivity contribution in [3.05, 3.63) is 120 Å². The third kappa shape index (κ3) is 6.36. The molecule has 10 heteroatoms. The maximum Gasteiger partial charge on any atom is 0.332 e. The average Bonchev–Trinajstić information content (AvgIpc) is 3.37. The Kier molecular flexibility index (Phi) is 9.42. The number of amides is 4. The Balaban J connectivity index is 1.45. The highest BCUT2D eigenvalue weighted by Gasteiger charge is 2.51. The number of nitrogens with one attached hydrogen (secondary N) is 1. The van der Waals surface area contributed by atoms with Crippen LogP contribution in [-0.2, 0) is 29.1 Å². The molecule has 3 N–H and O–H groups in total. The predicted molar refractivity (Wildman–Crippen MR) is 171 cm³/mol. The molecule has 44 heavy (non-hydrogen) atoms. The second-order valence-electron chi connectivity index (χ2n) is 11.0. The number of fused-ring (bicyclic) bond motifs is 1. The van der Waals surface area contributed by atoms with E-state index in [-0.39, 0.29) is 37.5 Å². The summed E-state index contributed by atoms with van der Waals surface area (Å²) in [6.07, 6.45) is 3.27.